The SMILES string of the molecule is C[C@H](O)c1cc([N+](=O)[O-])ccc1OCc1ccncc1Cl. The second kappa shape index (κ2) is 6.51. The summed E-state index contributed by atoms with van der Waals surface area (Å²) >= 11 is 5.98. The molecule has 2 rings (SSSR count). The van der Waals surface area contributed by atoms with Crippen LogP contribution < -0.4 is 4.74 Å². The lowest BCUT2D eigenvalue weighted by Crippen LogP contribution is -2.02. The van der Waals surface area contributed by atoms with Gasteiger partial charge in [-0.25, -0.2) is 0 Å². The highest BCUT2D eigenvalue weighted by molar-refractivity contribution is 6.31. The van der Waals surface area contributed by atoms with E-state index in [2.05, 4.69) is 4.98 Å². The van der Waals surface area contributed by atoms with Crippen LogP contribution in [0.2, 0.25) is 5.02 Å². The molecule has 1 atom stereocenters. The average molecular weight is 309 g/mol. The third-order valence-corrected chi connectivity index (χ3v) is 3.23. The first-order valence-corrected chi connectivity index (χ1v) is 6.54. The first-order chi connectivity index (χ1) is 9.99. The van der Waals surface area contributed by atoms with Crippen molar-refractivity contribution in [1.29, 1.82) is 0 Å². The van der Waals surface area contributed by atoms with Crippen molar-refractivity contribution < 1.29 is 14.8 Å². The number of hydrogen-bond donors (Lipinski definition) is 1. The zero-order valence-corrected chi connectivity index (χ0v) is 11.9. The van der Waals surface area contributed by atoms with Gasteiger partial charge in [0, 0.05) is 35.7 Å². The predicted molar refractivity (Wildman–Crippen MR) is 77.3 cm³/mol. The van der Waals surface area contributed by atoms with Crippen LogP contribution in [0, 0.1) is 10.1 Å². The second-order valence-corrected chi connectivity index (χ2v) is 4.82. The molecule has 0 fully saturated rings. The maximum atomic E-state index is 10.8. The Kier molecular flexibility index (Phi) is 4.72. The number of non-ortho nitro benzene ring substituents is 1. The highest BCUT2D eigenvalue weighted by Gasteiger charge is 2.15. The Labute approximate surface area is 126 Å². The molecular formula is C14H13ClN2O4. The van der Waals surface area contributed by atoms with Crippen molar-refractivity contribution in [2.24, 2.45) is 0 Å². The number of aromatic nitrogens is 1. The van der Waals surface area contributed by atoms with E-state index in [0.29, 0.717) is 16.3 Å². The Balaban J connectivity index is 2.23. The van der Waals surface area contributed by atoms with Gasteiger partial charge in [0.05, 0.1) is 16.0 Å². The van der Waals surface area contributed by atoms with Crippen molar-refractivity contribution in [3.63, 3.8) is 0 Å². The zero-order chi connectivity index (χ0) is 15.4. The molecule has 21 heavy (non-hydrogen) atoms. The van der Waals surface area contributed by atoms with E-state index in [0.717, 1.165) is 5.56 Å². The second-order valence-electron chi connectivity index (χ2n) is 4.41. The minimum Gasteiger partial charge on any atom is -0.488 e. The molecule has 0 bridgehead atoms. The highest BCUT2D eigenvalue weighted by atomic mass is 35.5. The molecule has 0 saturated carbocycles. The number of benzene rings is 1. The van der Waals surface area contributed by atoms with E-state index in [1.807, 2.05) is 0 Å². The molecule has 2 aromatic rings. The molecule has 1 aromatic carbocycles. The Morgan fingerprint density at radius 2 is 2.24 bits per heavy atom. The van der Waals surface area contributed by atoms with Gasteiger partial charge >= 0.3 is 0 Å². The summed E-state index contributed by atoms with van der Waals surface area (Å²) in [6, 6.07) is 5.81. The van der Waals surface area contributed by atoms with Crippen LogP contribution in [-0.2, 0) is 6.61 Å². The molecule has 0 aliphatic carbocycles. The number of ether oxygens (including phenoxy) is 1. The van der Waals surface area contributed by atoms with Gasteiger partial charge in [-0.2, -0.15) is 0 Å². The molecule has 0 saturated heterocycles. The molecule has 0 amide bonds. The minimum absolute atomic E-state index is 0.0970. The van der Waals surface area contributed by atoms with Gasteiger partial charge in [0.1, 0.15) is 12.4 Å². The summed E-state index contributed by atoms with van der Waals surface area (Å²) in [4.78, 5) is 14.1. The van der Waals surface area contributed by atoms with Gasteiger partial charge in [-0.15, -0.1) is 0 Å². The largest absolute Gasteiger partial charge is 0.488 e. The van der Waals surface area contributed by atoms with Crippen molar-refractivity contribution in [2.75, 3.05) is 0 Å². The highest BCUT2D eigenvalue weighted by Crippen LogP contribution is 2.30. The van der Waals surface area contributed by atoms with Crippen LogP contribution in [0.4, 0.5) is 5.69 Å². The van der Waals surface area contributed by atoms with Crippen LogP contribution >= 0.6 is 11.6 Å². The van der Waals surface area contributed by atoms with Gasteiger partial charge in [0.15, 0.2) is 0 Å². The van der Waals surface area contributed by atoms with E-state index < -0.39 is 11.0 Å². The van der Waals surface area contributed by atoms with E-state index in [1.54, 1.807) is 12.3 Å². The number of rotatable bonds is 5. The van der Waals surface area contributed by atoms with Crippen molar-refractivity contribution >= 4 is 17.3 Å². The van der Waals surface area contributed by atoms with Crippen LogP contribution in [0.5, 0.6) is 5.75 Å². The van der Waals surface area contributed by atoms with Crippen LogP contribution in [0.25, 0.3) is 0 Å². The monoisotopic (exact) mass is 308 g/mol. The summed E-state index contributed by atoms with van der Waals surface area (Å²) in [6.07, 6.45) is 2.22. The van der Waals surface area contributed by atoms with E-state index >= 15 is 0 Å². The molecule has 110 valence electrons. The molecule has 1 aromatic heterocycles. The lowest BCUT2D eigenvalue weighted by molar-refractivity contribution is -0.385. The van der Waals surface area contributed by atoms with Gasteiger partial charge in [0.2, 0.25) is 0 Å². The third-order valence-electron chi connectivity index (χ3n) is 2.89. The topological polar surface area (TPSA) is 85.5 Å². The number of nitrogens with zero attached hydrogens (tertiary/aromatic N) is 2. The number of nitro groups is 1. The number of nitro benzene ring substituents is 1. The summed E-state index contributed by atoms with van der Waals surface area (Å²) in [7, 11) is 0. The normalized spacial score (nSPS) is 12.0. The fraction of sp³-hybridized carbons (Fsp3) is 0.214. The number of halogens is 1. The molecule has 7 heteroatoms. The standard InChI is InChI=1S/C14H13ClN2O4/c1-9(18)12-6-11(17(19)20)2-3-14(12)21-8-10-4-5-16-7-13(10)15/h2-7,9,18H,8H2,1H3/t9-/m0/s1. The molecule has 1 N–H and O–H groups in total. The van der Waals surface area contributed by atoms with Crippen LogP contribution in [-0.4, -0.2) is 15.0 Å². The number of aliphatic hydroxyl groups is 1. The van der Waals surface area contributed by atoms with Crippen molar-refractivity contribution in [3.05, 3.63) is 62.9 Å². The average Bonchev–Trinajstić information content (AvgIpc) is 2.46. The van der Waals surface area contributed by atoms with Crippen LogP contribution in [0.15, 0.2) is 36.7 Å². The van der Waals surface area contributed by atoms with Gasteiger partial charge in [-0.1, -0.05) is 11.6 Å². The molecule has 0 aliphatic heterocycles. The molecule has 6 nitrogen and oxygen atoms in total. The summed E-state index contributed by atoms with van der Waals surface area (Å²) in [5, 5.41) is 21.0. The molecular weight excluding hydrogens is 296 g/mol. The smallest absolute Gasteiger partial charge is 0.270 e. The molecule has 0 spiro atoms. The summed E-state index contributed by atoms with van der Waals surface area (Å²) < 4.78 is 5.61. The van der Waals surface area contributed by atoms with Crippen LogP contribution in [0.1, 0.15) is 24.2 Å². The van der Waals surface area contributed by atoms with Crippen molar-refractivity contribution in [3.8, 4) is 5.75 Å². The summed E-state index contributed by atoms with van der Waals surface area (Å²) in [6.45, 7) is 1.70. The lowest BCUT2D eigenvalue weighted by Gasteiger charge is -2.13. The lowest BCUT2D eigenvalue weighted by atomic mass is 10.1. The predicted octanol–water partition coefficient (Wildman–Crippen LogP) is 3.28. The fourth-order valence-corrected chi connectivity index (χ4v) is 1.96. The first-order valence-electron chi connectivity index (χ1n) is 6.16. The summed E-state index contributed by atoms with van der Waals surface area (Å²) in [5.41, 5.74) is 0.996. The van der Waals surface area contributed by atoms with E-state index in [1.165, 1.54) is 31.3 Å². The number of hydrogen-bond acceptors (Lipinski definition) is 5. The fourth-order valence-electron chi connectivity index (χ4n) is 1.78. The quantitative estimate of drug-likeness (QED) is 0.676. The Bertz CT molecular complexity index is 661. The Morgan fingerprint density at radius 1 is 1.48 bits per heavy atom. The molecule has 0 unspecified atom stereocenters. The van der Waals surface area contributed by atoms with E-state index in [-0.39, 0.29) is 12.3 Å². The molecule has 0 aliphatic rings. The molecule has 1 heterocycles. The van der Waals surface area contributed by atoms with Gasteiger partial charge in [0.25, 0.3) is 5.69 Å². The first kappa shape index (κ1) is 15.2. The number of pyridine rings is 1. The third kappa shape index (κ3) is 3.68. The number of aliphatic hydroxyl groups excluding tert-OH is 1. The van der Waals surface area contributed by atoms with Crippen molar-refractivity contribution in [1.82, 2.24) is 4.98 Å². The van der Waals surface area contributed by atoms with E-state index in [4.69, 9.17) is 16.3 Å². The zero-order valence-electron chi connectivity index (χ0n) is 11.2. The summed E-state index contributed by atoms with van der Waals surface area (Å²) in [5.74, 6) is 0.378. The Morgan fingerprint density at radius 3 is 2.86 bits per heavy atom. The van der Waals surface area contributed by atoms with Crippen molar-refractivity contribution in [2.45, 2.75) is 19.6 Å². The van der Waals surface area contributed by atoms with Crippen LogP contribution in [0.3, 0.4) is 0 Å². The minimum atomic E-state index is -0.882. The van der Waals surface area contributed by atoms with Gasteiger partial charge in [-0.3, -0.25) is 15.1 Å². The maximum absolute atomic E-state index is 10.8. The van der Waals surface area contributed by atoms with Gasteiger partial charge < -0.3 is 9.84 Å². The molecule has 0 radical (unpaired) electrons. The maximum Gasteiger partial charge on any atom is 0.270 e. The van der Waals surface area contributed by atoms with E-state index in [9.17, 15) is 15.2 Å². The Hall–Kier alpha value is -2.18. The van der Waals surface area contributed by atoms with Gasteiger partial charge in [-0.05, 0) is 19.1 Å².